The highest BCUT2D eigenvalue weighted by atomic mass is 35.5. The van der Waals surface area contributed by atoms with Crippen molar-refractivity contribution in [2.75, 3.05) is 18.8 Å². The maximum atomic E-state index is 12.8. The van der Waals surface area contributed by atoms with Gasteiger partial charge >= 0.3 is 0 Å². The fraction of sp³-hybridized carbons (Fsp3) is 0.333. The highest BCUT2D eigenvalue weighted by Crippen LogP contribution is 2.28. The minimum Gasteiger partial charge on any atom is -0.341 e. The Morgan fingerprint density at radius 2 is 1.89 bits per heavy atom. The Kier molecular flexibility index (Phi) is 8.83. The van der Waals surface area contributed by atoms with E-state index in [9.17, 15) is 4.79 Å². The number of amides is 1. The number of carbonyl (C=O) groups excluding carboxylic acids is 1. The minimum absolute atomic E-state index is 0. The van der Waals surface area contributed by atoms with E-state index in [4.69, 9.17) is 5.73 Å². The van der Waals surface area contributed by atoms with Gasteiger partial charge in [0.15, 0.2) is 0 Å². The first-order chi connectivity index (χ1) is 13.2. The van der Waals surface area contributed by atoms with E-state index in [0.29, 0.717) is 25.4 Å². The van der Waals surface area contributed by atoms with Crippen molar-refractivity contribution < 1.29 is 4.79 Å². The first-order valence-corrected chi connectivity index (χ1v) is 10.3. The fourth-order valence-corrected chi connectivity index (χ4v) is 3.75. The molecule has 1 unspecified atom stereocenters. The van der Waals surface area contributed by atoms with E-state index in [1.807, 2.05) is 59.5 Å². The molecule has 0 radical (unpaired) electrons. The van der Waals surface area contributed by atoms with Crippen LogP contribution in [0.1, 0.15) is 30.0 Å². The number of hydrogen-bond acceptors (Lipinski definition) is 4. The van der Waals surface area contributed by atoms with Crippen LogP contribution in [0.25, 0.3) is 11.0 Å². The summed E-state index contributed by atoms with van der Waals surface area (Å²) in [5.41, 5.74) is 8.77. The Bertz CT molecular complexity index is 838. The highest BCUT2D eigenvalue weighted by Gasteiger charge is 2.17. The largest absolute Gasteiger partial charge is 0.341 e. The third kappa shape index (κ3) is 5.99. The van der Waals surface area contributed by atoms with Gasteiger partial charge in [-0.15, -0.1) is 24.2 Å². The number of nitrogens with two attached hydrogens (primary N) is 1. The number of H-pyrrole nitrogens is 1. The van der Waals surface area contributed by atoms with Crippen LogP contribution in [0.3, 0.4) is 0 Å². The zero-order chi connectivity index (χ0) is 19.1. The number of nitrogens with zero attached hydrogens (tertiary/aromatic N) is 2. The number of aromatic nitrogens is 2. The number of halogens is 1. The smallest absolute Gasteiger partial charge is 0.232 e. The number of carbonyl (C=O) groups is 1. The molecule has 1 atom stereocenters. The van der Waals surface area contributed by atoms with Crippen LogP contribution in [-0.2, 0) is 11.3 Å². The van der Waals surface area contributed by atoms with Crippen LogP contribution >= 0.6 is 24.2 Å². The topological polar surface area (TPSA) is 75.0 Å². The number of benzene rings is 2. The molecule has 1 heterocycles. The van der Waals surface area contributed by atoms with Gasteiger partial charge in [-0.3, -0.25) is 4.79 Å². The first-order valence-electron chi connectivity index (χ1n) is 9.25. The van der Waals surface area contributed by atoms with Gasteiger partial charge < -0.3 is 15.6 Å². The van der Waals surface area contributed by atoms with Crippen LogP contribution in [0.4, 0.5) is 0 Å². The molecular formula is C21H27ClN4OS. The molecule has 0 aliphatic carbocycles. The van der Waals surface area contributed by atoms with Crippen LogP contribution in [0.2, 0.25) is 0 Å². The van der Waals surface area contributed by atoms with E-state index in [1.54, 1.807) is 11.8 Å². The maximum absolute atomic E-state index is 12.8. The molecule has 3 rings (SSSR count). The second kappa shape index (κ2) is 11.1. The molecule has 0 saturated carbocycles. The van der Waals surface area contributed by atoms with Crippen LogP contribution in [-0.4, -0.2) is 39.6 Å². The molecule has 7 heteroatoms. The predicted molar refractivity (Wildman–Crippen MR) is 120 cm³/mol. The second-order valence-electron chi connectivity index (χ2n) is 6.54. The molecular weight excluding hydrogens is 392 g/mol. The predicted octanol–water partition coefficient (Wildman–Crippen LogP) is 4.16. The van der Waals surface area contributed by atoms with Crippen LogP contribution in [0.5, 0.6) is 0 Å². The summed E-state index contributed by atoms with van der Waals surface area (Å²) >= 11 is 1.61. The molecule has 1 aromatic heterocycles. The van der Waals surface area contributed by atoms with Gasteiger partial charge in [0.1, 0.15) is 5.82 Å². The summed E-state index contributed by atoms with van der Waals surface area (Å²) in [5.74, 6) is 1.47. The lowest BCUT2D eigenvalue weighted by molar-refractivity contribution is -0.129. The molecule has 3 N–H and O–H groups in total. The van der Waals surface area contributed by atoms with E-state index >= 15 is 0 Å². The van der Waals surface area contributed by atoms with Gasteiger partial charge in [-0.05, 0) is 37.6 Å². The van der Waals surface area contributed by atoms with Crippen molar-refractivity contribution in [3.05, 3.63) is 66.0 Å². The van der Waals surface area contributed by atoms with Crippen LogP contribution < -0.4 is 5.73 Å². The summed E-state index contributed by atoms with van der Waals surface area (Å²) in [5, 5.41) is 0.120. The van der Waals surface area contributed by atoms with Gasteiger partial charge in [0, 0.05) is 13.1 Å². The molecule has 0 saturated heterocycles. The molecule has 0 aliphatic heterocycles. The van der Waals surface area contributed by atoms with Crippen LogP contribution in [0, 0.1) is 0 Å². The van der Waals surface area contributed by atoms with Crippen LogP contribution in [0.15, 0.2) is 54.6 Å². The van der Waals surface area contributed by atoms with Gasteiger partial charge in [-0.1, -0.05) is 42.5 Å². The Morgan fingerprint density at radius 3 is 2.61 bits per heavy atom. The molecule has 0 spiro atoms. The molecule has 2 aromatic carbocycles. The Morgan fingerprint density at radius 1 is 1.18 bits per heavy atom. The number of nitrogens with one attached hydrogen (secondary N) is 1. The van der Waals surface area contributed by atoms with E-state index in [1.165, 1.54) is 0 Å². The Hall–Kier alpha value is -2.02. The second-order valence-corrected chi connectivity index (χ2v) is 7.86. The Labute approximate surface area is 176 Å². The van der Waals surface area contributed by atoms with E-state index in [-0.39, 0.29) is 23.6 Å². The number of aromatic amines is 1. The van der Waals surface area contributed by atoms with E-state index in [0.717, 1.165) is 28.8 Å². The monoisotopic (exact) mass is 418 g/mol. The zero-order valence-corrected chi connectivity index (χ0v) is 17.6. The quantitative estimate of drug-likeness (QED) is 0.547. The van der Waals surface area contributed by atoms with Crippen molar-refractivity contribution in [2.45, 2.75) is 25.1 Å². The molecule has 150 valence electrons. The minimum atomic E-state index is 0. The van der Waals surface area contributed by atoms with Gasteiger partial charge in [0.2, 0.25) is 5.91 Å². The van der Waals surface area contributed by atoms with Crippen molar-refractivity contribution in [3.63, 3.8) is 0 Å². The molecule has 0 fully saturated rings. The van der Waals surface area contributed by atoms with Crippen molar-refractivity contribution in [2.24, 2.45) is 5.73 Å². The van der Waals surface area contributed by atoms with Gasteiger partial charge in [-0.25, -0.2) is 4.98 Å². The summed E-state index contributed by atoms with van der Waals surface area (Å²) in [7, 11) is 0. The highest BCUT2D eigenvalue weighted by molar-refractivity contribution is 8.00. The number of fused-ring (bicyclic) bond motifs is 1. The Balaban J connectivity index is 0.00000280. The number of thioether (sulfide) groups is 1. The lowest BCUT2D eigenvalue weighted by Crippen LogP contribution is -2.34. The van der Waals surface area contributed by atoms with E-state index < -0.39 is 0 Å². The fourth-order valence-electron chi connectivity index (χ4n) is 2.91. The lowest BCUT2D eigenvalue weighted by Gasteiger charge is -2.23. The summed E-state index contributed by atoms with van der Waals surface area (Å²) in [4.78, 5) is 22.7. The SMILES string of the molecule is CC(SCC(=O)N(CCCN)Cc1ccccc1)c1nc2ccccc2[nH]1.Cl. The molecule has 1 amide bonds. The summed E-state index contributed by atoms with van der Waals surface area (Å²) in [6, 6.07) is 18.1. The summed E-state index contributed by atoms with van der Waals surface area (Å²) < 4.78 is 0. The summed E-state index contributed by atoms with van der Waals surface area (Å²) in [6.07, 6.45) is 0.808. The molecule has 28 heavy (non-hydrogen) atoms. The van der Waals surface area contributed by atoms with Gasteiger partial charge in [0.05, 0.1) is 22.0 Å². The number of hydrogen-bond donors (Lipinski definition) is 2. The normalized spacial score (nSPS) is 11.8. The first kappa shape index (κ1) is 22.3. The van der Waals surface area contributed by atoms with Crippen molar-refractivity contribution in [1.82, 2.24) is 14.9 Å². The van der Waals surface area contributed by atoms with Crippen molar-refractivity contribution in [1.29, 1.82) is 0 Å². The number of imidazole rings is 1. The third-order valence-corrected chi connectivity index (χ3v) is 5.59. The van der Waals surface area contributed by atoms with Gasteiger partial charge in [0.25, 0.3) is 0 Å². The number of para-hydroxylation sites is 2. The van der Waals surface area contributed by atoms with Gasteiger partial charge in [-0.2, -0.15) is 0 Å². The average Bonchev–Trinajstić information content (AvgIpc) is 3.14. The molecule has 0 aliphatic rings. The van der Waals surface area contributed by atoms with Crippen molar-refractivity contribution in [3.8, 4) is 0 Å². The molecule has 0 bridgehead atoms. The maximum Gasteiger partial charge on any atom is 0.232 e. The van der Waals surface area contributed by atoms with E-state index in [2.05, 4.69) is 16.9 Å². The number of rotatable bonds is 9. The summed E-state index contributed by atoms with van der Waals surface area (Å²) in [6.45, 7) is 3.97. The molecule has 3 aromatic rings. The lowest BCUT2D eigenvalue weighted by atomic mass is 10.2. The zero-order valence-electron chi connectivity index (χ0n) is 16.0. The average molecular weight is 419 g/mol. The standard InChI is InChI=1S/C21H26N4OS.ClH/c1-16(21-23-18-10-5-6-11-19(18)24-21)27-15-20(26)25(13-7-12-22)14-17-8-3-2-4-9-17;/h2-6,8-11,16H,7,12-15,22H2,1H3,(H,23,24);1H. The molecule has 5 nitrogen and oxygen atoms in total. The van der Waals surface area contributed by atoms with Crippen molar-refractivity contribution >= 4 is 41.1 Å². The third-order valence-electron chi connectivity index (χ3n) is 4.45.